The van der Waals surface area contributed by atoms with Crippen LogP contribution in [0, 0.1) is 0 Å². The van der Waals surface area contributed by atoms with Gasteiger partial charge in [-0.2, -0.15) is 0 Å². The summed E-state index contributed by atoms with van der Waals surface area (Å²) in [5, 5.41) is 0. The molecule has 0 heterocycles. The summed E-state index contributed by atoms with van der Waals surface area (Å²) in [5.41, 5.74) is 8.48. The van der Waals surface area contributed by atoms with Crippen LogP contribution in [0.25, 0.3) is 0 Å². The Bertz CT molecular complexity index is 589. The molecule has 2 aromatic rings. The van der Waals surface area contributed by atoms with Gasteiger partial charge >= 0.3 is 0 Å². The third kappa shape index (κ3) is 4.39. The van der Waals surface area contributed by atoms with Crippen molar-refractivity contribution in [1.29, 1.82) is 0 Å². The van der Waals surface area contributed by atoms with Crippen LogP contribution >= 0.6 is 31.9 Å². The normalized spacial score (nSPS) is 13.9. The monoisotopic (exact) mass is 411 g/mol. The lowest BCUT2D eigenvalue weighted by molar-refractivity contribution is 0.0205. The van der Waals surface area contributed by atoms with Gasteiger partial charge < -0.3 is 10.5 Å². The molecule has 2 aromatic carbocycles. The van der Waals surface area contributed by atoms with Crippen molar-refractivity contribution >= 4 is 31.9 Å². The van der Waals surface area contributed by atoms with E-state index in [0.29, 0.717) is 6.61 Å². The molecule has 0 bridgehead atoms. The lowest BCUT2D eigenvalue weighted by atomic mass is 10.0. The number of rotatable bonds is 6. The summed E-state index contributed by atoms with van der Waals surface area (Å²) in [7, 11) is 0. The maximum atomic E-state index is 6.26. The number of benzene rings is 2. The van der Waals surface area contributed by atoms with Crippen molar-refractivity contribution in [2.45, 2.75) is 32.1 Å². The zero-order chi connectivity index (χ0) is 15.2. The number of halogens is 2. The van der Waals surface area contributed by atoms with Gasteiger partial charge in [0.2, 0.25) is 0 Å². The van der Waals surface area contributed by atoms with Gasteiger partial charge in [0.25, 0.3) is 0 Å². The van der Waals surface area contributed by atoms with E-state index >= 15 is 0 Å². The average molecular weight is 413 g/mol. The Balaban J connectivity index is 2.18. The number of hydrogen-bond acceptors (Lipinski definition) is 2. The molecule has 0 radical (unpaired) electrons. The SMILES string of the molecule is CCC(N)C(OCc1ccccc1Br)c1ccccc1Br. The predicted molar refractivity (Wildman–Crippen MR) is 94.1 cm³/mol. The van der Waals surface area contributed by atoms with Gasteiger partial charge in [-0.25, -0.2) is 0 Å². The molecule has 2 rings (SSSR count). The molecule has 21 heavy (non-hydrogen) atoms. The predicted octanol–water partition coefficient (Wildman–Crippen LogP) is 5.21. The Morgan fingerprint density at radius 2 is 1.62 bits per heavy atom. The quantitative estimate of drug-likeness (QED) is 0.706. The zero-order valence-corrected chi connectivity index (χ0v) is 15.1. The minimum absolute atomic E-state index is 0.0359. The summed E-state index contributed by atoms with van der Waals surface area (Å²) >= 11 is 7.14. The summed E-state index contributed by atoms with van der Waals surface area (Å²) in [4.78, 5) is 0. The lowest BCUT2D eigenvalue weighted by Gasteiger charge is -2.25. The standard InChI is InChI=1S/C17H19Br2NO/c1-2-16(20)17(13-8-4-6-10-15(13)19)21-11-12-7-3-5-9-14(12)18/h3-10,16-17H,2,11,20H2,1H3. The van der Waals surface area contributed by atoms with Crippen LogP contribution < -0.4 is 5.73 Å². The van der Waals surface area contributed by atoms with Crippen molar-refractivity contribution in [2.24, 2.45) is 5.73 Å². The highest BCUT2D eigenvalue weighted by atomic mass is 79.9. The largest absolute Gasteiger partial charge is 0.367 e. The van der Waals surface area contributed by atoms with Crippen LogP contribution in [-0.4, -0.2) is 6.04 Å². The molecule has 2 unspecified atom stereocenters. The highest BCUT2D eigenvalue weighted by molar-refractivity contribution is 9.10. The second kappa shape index (κ2) is 8.08. The van der Waals surface area contributed by atoms with Gasteiger partial charge in [-0.15, -0.1) is 0 Å². The fraction of sp³-hybridized carbons (Fsp3) is 0.294. The molecule has 0 saturated carbocycles. The Labute approximate surface area is 143 Å². The molecule has 4 heteroatoms. The highest BCUT2D eigenvalue weighted by Crippen LogP contribution is 2.30. The van der Waals surface area contributed by atoms with Crippen LogP contribution in [0.3, 0.4) is 0 Å². The first-order chi connectivity index (χ1) is 10.1. The third-order valence-electron chi connectivity index (χ3n) is 3.45. The first-order valence-corrected chi connectivity index (χ1v) is 8.57. The molecule has 0 aliphatic rings. The van der Waals surface area contributed by atoms with Gasteiger partial charge in [0.05, 0.1) is 12.7 Å². The molecule has 2 N–H and O–H groups in total. The van der Waals surface area contributed by atoms with Gasteiger partial charge in [0.15, 0.2) is 0 Å². The summed E-state index contributed by atoms with van der Waals surface area (Å²) in [5.74, 6) is 0. The van der Waals surface area contributed by atoms with Crippen molar-refractivity contribution in [1.82, 2.24) is 0 Å². The molecule has 0 spiro atoms. The molecular formula is C17H19Br2NO. The van der Waals surface area contributed by atoms with Crippen molar-refractivity contribution in [3.05, 3.63) is 68.6 Å². The molecule has 0 amide bonds. The lowest BCUT2D eigenvalue weighted by Crippen LogP contribution is -2.29. The van der Waals surface area contributed by atoms with E-state index in [1.807, 2.05) is 36.4 Å². The zero-order valence-electron chi connectivity index (χ0n) is 11.9. The summed E-state index contributed by atoms with van der Waals surface area (Å²) in [6.45, 7) is 2.61. The molecular weight excluding hydrogens is 394 g/mol. The second-order valence-electron chi connectivity index (χ2n) is 4.92. The van der Waals surface area contributed by atoms with E-state index in [1.165, 1.54) is 0 Å². The van der Waals surface area contributed by atoms with Gasteiger partial charge in [-0.05, 0) is 29.7 Å². The maximum Gasteiger partial charge on any atom is 0.0991 e. The topological polar surface area (TPSA) is 35.2 Å². The van der Waals surface area contributed by atoms with E-state index in [1.54, 1.807) is 0 Å². The Kier molecular flexibility index (Phi) is 6.42. The first-order valence-electron chi connectivity index (χ1n) is 6.98. The van der Waals surface area contributed by atoms with Crippen LogP contribution in [0.4, 0.5) is 0 Å². The number of nitrogens with two attached hydrogens (primary N) is 1. The van der Waals surface area contributed by atoms with E-state index < -0.39 is 0 Å². The molecule has 0 aliphatic heterocycles. The summed E-state index contributed by atoms with van der Waals surface area (Å²) in [6, 6.07) is 16.1. The molecule has 0 fully saturated rings. The molecule has 2 nitrogen and oxygen atoms in total. The molecule has 0 aliphatic carbocycles. The Hall–Kier alpha value is -0.680. The fourth-order valence-electron chi connectivity index (χ4n) is 2.16. The summed E-state index contributed by atoms with van der Waals surface area (Å²) in [6.07, 6.45) is 0.736. The van der Waals surface area contributed by atoms with E-state index in [-0.39, 0.29) is 12.1 Å². The van der Waals surface area contributed by atoms with Gasteiger partial charge in [-0.1, -0.05) is 75.2 Å². The highest BCUT2D eigenvalue weighted by Gasteiger charge is 2.21. The van der Waals surface area contributed by atoms with Crippen molar-refractivity contribution in [2.75, 3.05) is 0 Å². The van der Waals surface area contributed by atoms with E-state index in [4.69, 9.17) is 10.5 Å². The molecule has 0 aromatic heterocycles. The molecule has 0 saturated heterocycles. The van der Waals surface area contributed by atoms with Crippen molar-refractivity contribution in [3.63, 3.8) is 0 Å². The fourth-order valence-corrected chi connectivity index (χ4v) is 3.07. The molecule has 112 valence electrons. The van der Waals surface area contributed by atoms with Crippen molar-refractivity contribution in [3.8, 4) is 0 Å². The van der Waals surface area contributed by atoms with E-state index in [2.05, 4.69) is 50.9 Å². The van der Waals surface area contributed by atoms with Crippen LogP contribution in [0.15, 0.2) is 57.5 Å². The summed E-state index contributed by atoms with van der Waals surface area (Å²) < 4.78 is 8.23. The van der Waals surface area contributed by atoms with E-state index in [0.717, 1.165) is 26.5 Å². The molecule has 2 atom stereocenters. The first kappa shape index (κ1) is 16.7. The van der Waals surface area contributed by atoms with Gasteiger partial charge in [-0.3, -0.25) is 0 Å². The number of hydrogen-bond donors (Lipinski definition) is 1. The van der Waals surface area contributed by atoms with Gasteiger partial charge in [0.1, 0.15) is 0 Å². The van der Waals surface area contributed by atoms with Crippen LogP contribution in [0.2, 0.25) is 0 Å². The number of ether oxygens (including phenoxy) is 1. The maximum absolute atomic E-state index is 6.26. The van der Waals surface area contributed by atoms with Crippen LogP contribution in [0.1, 0.15) is 30.6 Å². The third-order valence-corrected chi connectivity index (χ3v) is 4.94. The van der Waals surface area contributed by atoms with Crippen LogP contribution in [-0.2, 0) is 11.3 Å². The minimum atomic E-state index is -0.127. The van der Waals surface area contributed by atoms with Crippen LogP contribution in [0.5, 0.6) is 0 Å². The van der Waals surface area contributed by atoms with Crippen molar-refractivity contribution < 1.29 is 4.74 Å². The van der Waals surface area contributed by atoms with Gasteiger partial charge in [0, 0.05) is 15.0 Å². The Morgan fingerprint density at radius 3 is 2.24 bits per heavy atom. The second-order valence-corrected chi connectivity index (χ2v) is 6.63. The smallest absolute Gasteiger partial charge is 0.0991 e. The average Bonchev–Trinajstić information content (AvgIpc) is 2.50. The minimum Gasteiger partial charge on any atom is -0.367 e. The Morgan fingerprint density at radius 1 is 1.00 bits per heavy atom. The van der Waals surface area contributed by atoms with E-state index in [9.17, 15) is 0 Å².